The SMILES string of the molecule is Cc1cccc(Oc2ccccc2CN)c1. The molecule has 0 unspecified atom stereocenters. The van der Waals surface area contributed by atoms with E-state index < -0.39 is 0 Å². The number of rotatable bonds is 3. The molecule has 2 N–H and O–H groups in total. The van der Waals surface area contributed by atoms with E-state index in [-0.39, 0.29) is 0 Å². The summed E-state index contributed by atoms with van der Waals surface area (Å²) in [5, 5.41) is 0. The van der Waals surface area contributed by atoms with Crippen LogP contribution in [-0.4, -0.2) is 0 Å². The zero-order valence-electron chi connectivity index (χ0n) is 9.31. The maximum absolute atomic E-state index is 5.80. The van der Waals surface area contributed by atoms with Gasteiger partial charge in [-0.15, -0.1) is 0 Å². The predicted molar refractivity (Wildman–Crippen MR) is 65.6 cm³/mol. The summed E-state index contributed by atoms with van der Waals surface area (Å²) in [7, 11) is 0. The number of hydrogen-bond acceptors (Lipinski definition) is 2. The van der Waals surface area contributed by atoms with Crippen molar-refractivity contribution in [2.75, 3.05) is 0 Å². The lowest BCUT2D eigenvalue weighted by Crippen LogP contribution is -1.98. The normalized spacial score (nSPS) is 10.1. The van der Waals surface area contributed by atoms with Crippen LogP contribution in [0.4, 0.5) is 0 Å². The van der Waals surface area contributed by atoms with Gasteiger partial charge in [-0.1, -0.05) is 30.3 Å². The molecular formula is C14H15NO. The van der Waals surface area contributed by atoms with Crippen LogP contribution in [0.1, 0.15) is 11.1 Å². The standard InChI is InChI=1S/C14H15NO/c1-11-5-4-7-13(9-11)16-14-8-3-2-6-12(14)10-15/h2-9H,10,15H2,1H3. The van der Waals surface area contributed by atoms with Crippen LogP contribution in [0.5, 0.6) is 11.5 Å². The summed E-state index contributed by atoms with van der Waals surface area (Å²) in [6, 6.07) is 15.8. The summed E-state index contributed by atoms with van der Waals surface area (Å²) in [4.78, 5) is 0. The number of aryl methyl sites for hydroxylation is 1. The first-order valence-electron chi connectivity index (χ1n) is 5.32. The van der Waals surface area contributed by atoms with Gasteiger partial charge in [-0.3, -0.25) is 0 Å². The van der Waals surface area contributed by atoms with Crippen molar-refractivity contribution < 1.29 is 4.74 Å². The van der Waals surface area contributed by atoms with Gasteiger partial charge in [0.2, 0.25) is 0 Å². The molecule has 2 aromatic carbocycles. The van der Waals surface area contributed by atoms with Crippen molar-refractivity contribution in [3.05, 3.63) is 59.7 Å². The van der Waals surface area contributed by atoms with Crippen LogP contribution in [0, 0.1) is 6.92 Å². The summed E-state index contributed by atoms with van der Waals surface area (Å²) in [6.07, 6.45) is 0. The van der Waals surface area contributed by atoms with Gasteiger partial charge in [0.1, 0.15) is 11.5 Å². The summed E-state index contributed by atoms with van der Waals surface area (Å²) < 4.78 is 5.80. The summed E-state index contributed by atoms with van der Waals surface area (Å²) in [6.45, 7) is 2.53. The van der Waals surface area contributed by atoms with Gasteiger partial charge in [0.05, 0.1) is 0 Å². The third-order valence-corrected chi connectivity index (χ3v) is 2.41. The van der Waals surface area contributed by atoms with Crippen LogP contribution in [0.25, 0.3) is 0 Å². The molecular weight excluding hydrogens is 198 g/mol. The van der Waals surface area contributed by atoms with Gasteiger partial charge in [0, 0.05) is 12.1 Å². The molecule has 0 saturated carbocycles. The lowest BCUT2D eigenvalue weighted by molar-refractivity contribution is 0.476. The smallest absolute Gasteiger partial charge is 0.131 e. The first kappa shape index (κ1) is 10.7. The van der Waals surface area contributed by atoms with E-state index in [0.29, 0.717) is 6.54 Å². The second kappa shape index (κ2) is 4.81. The maximum Gasteiger partial charge on any atom is 0.131 e. The Morgan fingerprint density at radius 2 is 1.88 bits per heavy atom. The molecule has 0 amide bonds. The molecule has 0 spiro atoms. The Morgan fingerprint density at radius 3 is 2.62 bits per heavy atom. The van der Waals surface area contributed by atoms with Crippen LogP contribution in [0.15, 0.2) is 48.5 Å². The Labute approximate surface area is 95.7 Å². The lowest BCUT2D eigenvalue weighted by atomic mass is 10.2. The number of para-hydroxylation sites is 1. The van der Waals surface area contributed by atoms with Crippen LogP contribution in [0.3, 0.4) is 0 Å². The molecule has 2 aromatic rings. The maximum atomic E-state index is 5.80. The van der Waals surface area contributed by atoms with Gasteiger partial charge in [-0.25, -0.2) is 0 Å². The van der Waals surface area contributed by atoms with Gasteiger partial charge in [-0.2, -0.15) is 0 Å². The minimum absolute atomic E-state index is 0.488. The molecule has 82 valence electrons. The second-order valence-electron chi connectivity index (χ2n) is 3.73. The Balaban J connectivity index is 2.26. The van der Waals surface area contributed by atoms with E-state index in [9.17, 15) is 0 Å². The molecule has 2 heteroatoms. The average molecular weight is 213 g/mol. The fourth-order valence-corrected chi connectivity index (χ4v) is 1.58. The Bertz CT molecular complexity index is 480. The highest BCUT2D eigenvalue weighted by molar-refractivity contribution is 5.38. The van der Waals surface area contributed by atoms with E-state index in [4.69, 9.17) is 10.5 Å². The summed E-state index contributed by atoms with van der Waals surface area (Å²) in [5.74, 6) is 1.68. The van der Waals surface area contributed by atoms with Crippen LogP contribution in [-0.2, 0) is 6.54 Å². The zero-order valence-corrected chi connectivity index (χ0v) is 9.31. The first-order chi connectivity index (χ1) is 7.79. The van der Waals surface area contributed by atoms with Crippen molar-refractivity contribution in [2.45, 2.75) is 13.5 Å². The van der Waals surface area contributed by atoms with Gasteiger partial charge in [0.25, 0.3) is 0 Å². The highest BCUT2D eigenvalue weighted by Crippen LogP contribution is 2.25. The number of benzene rings is 2. The molecule has 2 nitrogen and oxygen atoms in total. The van der Waals surface area contributed by atoms with Crippen molar-refractivity contribution in [3.8, 4) is 11.5 Å². The fourth-order valence-electron chi connectivity index (χ4n) is 1.58. The number of hydrogen-bond donors (Lipinski definition) is 1. The topological polar surface area (TPSA) is 35.2 Å². The van der Waals surface area contributed by atoms with Crippen molar-refractivity contribution in [1.82, 2.24) is 0 Å². The van der Waals surface area contributed by atoms with Crippen LogP contribution < -0.4 is 10.5 Å². The van der Waals surface area contributed by atoms with E-state index in [1.165, 1.54) is 5.56 Å². The molecule has 0 heterocycles. The quantitative estimate of drug-likeness (QED) is 0.849. The van der Waals surface area contributed by atoms with Gasteiger partial charge in [0.15, 0.2) is 0 Å². The third kappa shape index (κ3) is 2.41. The number of ether oxygens (including phenoxy) is 1. The lowest BCUT2D eigenvalue weighted by Gasteiger charge is -2.09. The first-order valence-corrected chi connectivity index (χ1v) is 5.32. The molecule has 0 saturated heterocycles. The minimum Gasteiger partial charge on any atom is -0.457 e. The van der Waals surface area contributed by atoms with Crippen molar-refractivity contribution in [3.63, 3.8) is 0 Å². The molecule has 0 radical (unpaired) electrons. The Morgan fingerprint density at radius 1 is 1.06 bits per heavy atom. The molecule has 0 aliphatic heterocycles. The molecule has 0 bridgehead atoms. The monoisotopic (exact) mass is 213 g/mol. The average Bonchev–Trinajstić information content (AvgIpc) is 2.30. The largest absolute Gasteiger partial charge is 0.457 e. The van der Waals surface area contributed by atoms with Crippen molar-refractivity contribution >= 4 is 0 Å². The van der Waals surface area contributed by atoms with Crippen LogP contribution in [0.2, 0.25) is 0 Å². The van der Waals surface area contributed by atoms with E-state index >= 15 is 0 Å². The molecule has 0 fully saturated rings. The fraction of sp³-hybridized carbons (Fsp3) is 0.143. The van der Waals surface area contributed by atoms with E-state index in [1.807, 2.05) is 55.5 Å². The molecule has 0 aliphatic carbocycles. The van der Waals surface area contributed by atoms with Gasteiger partial charge >= 0.3 is 0 Å². The molecule has 16 heavy (non-hydrogen) atoms. The third-order valence-electron chi connectivity index (χ3n) is 2.41. The Hall–Kier alpha value is -1.80. The van der Waals surface area contributed by atoms with Crippen LogP contribution >= 0.6 is 0 Å². The van der Waals surface area contributed by atoms with Crippen molar-refractivity contribution in [1.29, 1.82) is 0 Å². The van der Waals surface area contributed by atoms with Gasteiger partial charge in [-0.05, 0) is 30.7 Å². The predicted octanol–water partition coefficient (Wildman–Crippen LogP) is 3.25. The van der Waals surface area contributed by atoms with E-state index in [2.05, 4.69) is 0 Å². The highest BCUT2D eigenvalue weighted by atomic mass is 16.5. The Kier molecular flexibility index (Phi) is 3.22. The van der Waals surface area contributed by atoms with Gasteiger partial charge < -0.3 is 10.5 Å². The summed E-state index contributed by atoms with van der Waals surface area (Å²) in [5.41, 5.74) is 7.85. The number of nitrogens with two attached hydrogens (primary N) is 1. The van der Waals surface area contributed by atoms with Crippen molar-refractivity contribution in [2.24, 2.45) is 5.73 Å². The molecule has 2 rings (SSSR count). The van der Waals surface area contributed by atoms with E-state index in [1.54, 1.807) is 0 Å². The second-order valence-corrected chi connectivity index (χ2v) is 3.73. The molecule has 0 aromatic heterocycles. The highest BCUT2D eigenvalue weighted by Gasteiger charge is 2.02. The molecule has 0 atom stereocenters. The van der Waals surface area contributed by atoms with E-state index in [0.717, 1.165) is 17.1 Å². The minimum atomic E-state index is 0.488. The summed E-state index contributed by atoms with van der Waals surface area (Å²) >= 11 is 0. The molecule has 0 aliphatic rings. The zero-order chi connectivity index (χ0) is 11.4.